The van der Waals surface area contributed by atoms with Crippen LogP contribution in [0.15, 0.2) is 64.0 Å². The molecule has 2 aromatic carbocycles. The number of pyridine rings is 1. The van der Waals surface area contributed by atoms with Gasteiger partial charge in [0.25, 0.3) is 5.56 Å². The molecule has 3 heterocycles. The van der Waals surface area contributed by atoms with Crippen LogP contribution in [-0.4, -0.2) is 31.0 Å². The quantitative estimate of drug-likeness (QED) is 0.251. The van der Waals surface area contributed by atoms with Gasteiger partial charge in [-0.05, 0) is 43.3 Å². The fraction of sp³-hybridized carbons (Fsp3) is 0.154. The molecule has 0 spiro atoms. The highest BCUT2D eigenvalue weighted by Gasteiger charge is 2.21. The third kappa shape index (κ3) is 5.22. The fourth-order valence-corrected chi connectivity index (χ4v) is 5.60. The van der Waals surface area contributed by atoms with Gasteiger partial charge in [-0.15, -0.1) is 11.3 Å². The Morgan fingerprint density at radius 1 is 1.08 bits per heavy atom. The zero-order chi connectivity index (χ0) is 27.9. The molecule has 0 amide bonds. The molecular formula is C26H21F2N3O6S2. The van der Waals surface area contributed by atoms with Crippen molar-refractivity contribution in [3.8, 4) is 39.1 Å². The molecule has 202 valence electrons. The van der Waals surface area contributed by atoms with Gasteiger partial charge in [0, 0.05) is 41.5 Å². The minimum atomic E-state index is -3.62. The summed E-state index contributed by atoms with van der Waals surface area (Å²) in [7, 11) is -0.605. The summed E-state index contributed by atoms with van der Waals surface area (Å²) in [5.41, 5.74) is 1.28. The van der Waals surface area contributed by atoms with Crippen molar-refractivity contribution in [1.82, 2.24) is 9.72 Å². The van der Waals surface area contributed by atoms with Crippen LogP contribution >= 0.6 is 11.3 Å². The number of anilines is 1. The molecule has 0 aliphatic rings. The molecule has 13 heteroatoms. The summed E-state index contributed by atoms with van der Waals surface area (Å²) in [6.07, 6.45) is 1.58. The van der Waals surface area contributed by atoms with E-state index in [1.165, 1.54) is 48.1 Å². The fourth-order valence-electron chi connectivity index (χ4n) is 3.86. The van der Waals surface area contributed by atoms with Gasteiger partial charge < -0.3 is 18.6 Å². The van der Waals surface area contributed by atoms with Crippen molar-refractivity contribution < 1.29 is 31.2 Å². The average molecular weight is 574 g/mol. The molecule has 0 saturated carbocycles. The summed E-state index contributed by atoms with van der Waals surface area (Å²) < 4.78 is 72.8. The lowest BCUT2D eigenvalue weighted by molar-refractivity contribution is 0.261. The summed E-state index contributed by atoms with van der Waals surface area (Å²) in [5.74, 6) is -1.72. The van der Waals surface area contributed by atoms with E-state index in [-0.39, 0.29) is 34.4 Å². The highest BCUT2D eigenvalue weighted by molar-refractivity contribution is 7.92. The molecule has 0 aliphatic carbocycles. The van der Waals surface area contributed by atoms with Crippen molar-refractivity contribution in [2.75, 3.05) is 17.6 Å². The van der Waals surface area contributed by atoms with E-state index in [1.54, 1.807) is 25.4 Å². The van der Waals surface area contributed by atoms with Crippen molar-refractivity contribution in [1.29, 1.82) is 0 Å². The van der Waals surface area contributed by atoms with Gasteiger partial charge in [0.05, 0.1) is 23.8 Å². The molecule has 0 unspecified atom stereocenters. The van der Waals surface area contributed by atoms with Crippen LogP contribution in [0.3, 0.4) is 0 Å². The van der Waals surface area contributed by atoms with Gasteiger partial charge in [0.1, 0.15) is 22.0 Å². The molecule has 5 aromatic rings. The lowest BCUT2D eigenvalue weighted by Crippen LogP contribution is -2.16. The molecule has 0 fully saturated rings. The second-order valence-electron chi connectivity index (χ2n) is 8.44. The summed E-state index contributed by atoms with van der Waals surface area (Å²) in [4.78, 5) is 13.7. The number of benzene rings is 2. The van der Waals surface area contributed by atoms with Crippen molar-refractivity contribution in [2.24, 2.45) is 7.05 Å². The molecule has 3 aromatic heterocycles. The molecule has 0 bridgehead atoms. The first kappa shape index (κ1) is 26.4. The summed E-state index contributed by atoms with van der Waals surface area (Å²) in [6.45, 7) is 1.50. The third-order valence-corrected chi connectivity index (χ3v) is 8.29. The number of hydrogen-bond acceptors (Lipinski definition) is 8. The number of fused-ring (bicyclic) bond motifs is 1. The number of nitrogens with zero attached hydrogens (tertiary/aromatic N) is 2. The van der Waals surface area contributed by atoms with Gasteiger partial charge in [-0.1, -0.05) is 5.16 Å². The van der Waals surface area contributed by atoms with Crippen molar-refractivity contribution >= 4 is 37.1 Å². The Morgan fingerprint density at radius 2 is 1.85 bits per heavy atom. The number of nitrogens with one attached hydrogen (secondary N) is 1. The Labute approximate surface area is 225 Å². The normalized spacial score (nSPS) is 11.6. The maximum atomic E-state index is 14.5. The van der Waals surface area contributed by atoms with Crippen LogP contribution in [0.4, 0.5) is 14.5 Å². The second-order valence-corrected chi connectivity index (χ2v) is 11.5. The molecular weight excluding hydrogens is 552 g/mol. The molecule has 39 heavy (non-hydrogen) atoms. The molecule has 0 atom stereocenters. The topological polar surface area (TPSA) is 113 Å². The SMILES string of the molecule is CCS(=O)(=O)Nc1ccc(Oc2ccc(F)cc2F)c(-c2cn(C)c(=O)c3sc(-c4cc(OC)on4)cc23)c1. The first-order valence-electron chi connectivity index (χ1n) is 11.5. The molecule has 9 nitrogen and oxygen atoms in total. The molecule has 5 rings (SSSR count). The standard InChI is InChI=1S/C26H21F2N3O6S2/c1-4-39(33,34)30-15-6-8-21(36-22-7-5-14(27)9-19(22)28)16(10-15)18-13-31(2)26(32)25-17(18)11-23(38-25)20-12-24(35-3)37-29-20/h5-13,30H,4H2,1-3H3. The minimum absolute atomic E-state index is 0.149. The van der Waals surface area contributed by atoms with Gasteiger partial charge in [0.15, 0.2) is 11.6 Å². The van der Waals surface area contributed by atoms with E-state index in [9.17, 15) is 22.0 Å². The lowest BCUT2D eigenvalue weighted by atomic mass is 10.0. The van der Waals surface area contributed by atoms with Gasteiger partial charge in [-0.25, -0.2) is 17.2 Å². The summed E-state index contributed by atoms with van der Waals surface area (Å²) in [6, 6.07) is 10.7. The predicted molar refractivity (Wildman–Crippen MR) is 144 cm³/mol. The molecule has 1 N–H and O–H groups in total. The van der Waals surface area contributed by atoms with Crippen molar-refractivity contribution in [2.45, 2.75) is 6.92 Å². The van der Waals surface area contributed by atoms with Crippen LogP contribution in [-0.2, 0) is 17.1 Å². The van der Waals surface area contributed by atoms with Gasteiger partial charge in [0.2, 0.25) is 10.0 Å². The zero-order valence-electron chi connectivity index (χ0n) is 20.8. The lowest BCUT2D eigenvalue weighted by Gasteiger charge is -2.16. The van der Waals surface area contributed by atoms with Crippen LogP contribution in [0, 0.1) is 11.6 Å². The van der Waals surface area contributed by atoms with Gasteiger partial charge >= 0.3 is 5.95 Å². The van der Waals surface area contributed by atoms with Crippen LogP contribution in [0.5, 0.6) is 17.4 Å². The average Bonchev–Trinajstić information content (AvgIpc) is 3.56. The van der Waals surface area contributed by atoms with Crippen molar-refractivity contribution in [3.05, 3.63) is 76.7 Å². The zero-order valence-corrected chi connectivity index (χ0v) is 22.5. The monoisotopic (exact) mass is 573 g/mol. The Balaban J connectivity index is 1.73. The van der Waals surface area contributed by atoms with E-state index in [0.29, 0.717) is 37.9 Å². The van der Waals surface area contributed by atoms with E-state index in [2.05, 4.69) is 9.88 Å². The van der Waals surface area contributed by atoms with Gasteiger partial charge in [-0.3, -0.25) is 9.52 Å². The Bertz CT molecular complexity index is 1880. The summed E-state index contributed by atoms with van der Waals surface area (Å²) in [5, 5.41) is 4.52. The van der Waals surface area contributed by atoms with E-state index >= 15 is 0 Å². The number of ether oxygens (including phenoxy) is 2. The molecule has 0 aliphatic heterocycles. The number of hydrogen-bond donors (Lipinski definition) is 1. The van der Waals surface area contributed by atoms with Crippen LogP contribution in [0.25, 0.3) is 31.8 Å². The number of aromatic nitrogens is 2. The second kappa shape index (κ2) is 10.2. The first-order valence-corrected chi connectivity index (χ1v) is 14.0. The van der Waals surface area contributed by atoms with Gasteiger partial charge in [-0.2, -0.15) is 0 Å². The van der Waals surface area contributed by atoms with E-state index in [4.69, 9.17) is 14.0 Å². The number of rotatable bonds is 8. The predicted octanol–water partition coefficient (Wildman–Crippen LogP) is 5.76. The third-order valence-electron chi connectivity index (χ3n) is 5.84. The number of aryl methyl sites for hydroxylation is 1. The minimum Gasteiger partial charge on any atom is -0.467 e. The van der Waals surface area contributed by atoms with E-state index < -0.39 is 21.7 Å². The molecule has 0 saturated heterocycles. The maximum absolute atomic E-state index is 14.5. The van der Waals surface area contributed by atoms with Crippen LogP contribution < -0.4 is 19.8 Å². The summed E-state index contributed by atoms with van der Waals surface area (Å²) >= 11 is 1.19. The maximum Gasteiger partial charge on any atom is 0.311 e. The first-order chi connectivity index (χ1) is 18.6. The Kier molecular flexibility index (Phi) is 6.87. The highest BCUT2D eigenvalue weighted by atomic mass is 32.2. The number of methoxy groups -OCH3 is 1. The van der Waals surface area contributed by atoms with E-state index in [1.807, 2.05) is 0 Å². The highest BCUT2D eigenvalue weighted by Crippen LogP contribution is 2.42. The van der Waals surface area contributed by atoms with Crippen LogP contribution in [0.1, 0.15) is 6.92 Å². The van der Waals surface area contributed by atoms with E-state index in [0.717, 1.165) is 12.1 Å². The Morgan fingerprint density at radius 3 is 2.54 bits per heavy atom. The van der Waals surface area contributed by atoms with Crippen LogP contribution in [0.2, 0.25) is 0 Å². The van der Waals surface area contributed by atoms with Crippen molar-refractivity contribution in [3.63, 3.8) is 0 Å². The Hall–Kier alpha value is -4.23. The molecule has 0 radical (unpaired) electrons. The largest absolute Gasteiger partial charge is 0.467 e. The number of halogens is 2. The number of sulfonamides is 1. The number of thiophene rings is 1. The smallest absolute Gasteiger partial charge is 0.311 e.